The van der Waals surface area contributed by atoms with E-state index in [4.69, 9.17) is 9.47 Å². The van der Waals surface area contributed by atoms with E-state index in [1.807, 2.05) is 6.92 Å². The van der Waals surface area contributed by atoms with Crippen molar-refractivity contribution in [1.29, 1.82) is 0 Å². The number of rotatable bonds is 7. The van der Waals surface area contributed by atoms with Gasteiger partial charge in [-0.25, -0.2) is 4.39 Å². The third kappa shape index (κ3) is 4.06. The molecule has 0 fully saturated rings. The van der Waals surface area contributed by atoms with Gasteiger partial charge in [-0.15, -0.1) is 0 Å². The summed E-state index contributed by atoms with van der Waals surface area (Å²) in [5, 5.41) is 3.18. The average Bonchev–Trinajstić information content (AvgIpc) is 2.31. The maximum absolute atomic E-state index is 13.1. The van der Waals surface area contributed by atoms with Crippen molar-refractivity contribution >= 4 is 5.69 Å². The molecular formula is C12H18FNO2. The van der Waals surface area contributed by atoms with Gasteiger partial charge in [0.05, 0.1) is 7.11 Å². The smallest absolute Gasteiger partial charge is 0.165 e. The lowest BCUT2D eigenvalue weighted by molar-refractivity contribution is 0.147. The van der Waals surface area contributed by atoms with Crippen LogP contribution < -0.4 is 10.1 Å². The van der Waals surface area contributed by atoms with Gasteiger partial charge in [-0.1, -0.05) is 0 Å². The van der Waals surface area contributed by atoms with E-state index in [1.165, 1.54) is 13.2 Å². The van der Waals surface area contributed by atoms with Crippen LogP contribution in [0.3, 0.4) is 0 Å². The Hall–Kier alpha value is -1.29. The van der Waals surface area contributed by atoms with Crippen molar-refractivity contribution in [3.8, 4) is 5.75 Å². The van der Waals surface area contributed by atoms with Crippen molar-refractivity contribution in [3.05, 3.63) is 24.0 Å². The van der Waals surface area contributed by atoms with Crippen LogP contribution >= 0.6 is 0 Å². The maximum Gasteiger partial charge on any atom is 0.165 e. The summed E-state index contributed by atoms with van der Waals surface area (Å²) in [7, 11) is 1.46. The number of methoxy groups -OCH3 is 1. The molecule has 90 valence electrons. The molecule has 0 bridgehead atoms. The van der Waals surface area contributed by atoms with Crippen LogP contribution in [0.2, 0.25) is 0 Å². The predicted molar refractivity (Wildman–Crippen MR) is 62.6 cm³/mol. The molecule has 0 unspecified atom stereocenters. The van der Waals surface area contributed by atoms with E-state index in [1.54, 1.807) is 12.1 Å². The van der Waals surface area contributed by atoms with Crippen molar-refractivity contribution < 1.29 is 13.9 Å². The number of halogens is 1. The fourth-order valence-corrected chi connectivity index (χ4v) is 1.32. The molecule has 0 atom stereocenters. The molecule has 1 aromatic carbocycles. The van der Waals surface area contributed by atoms with Crippen LogP contribution in [0.25, 0.3) is 0 Å². The monoisotopic (exact) mass is 227 g/mol. The number of nitrogens with one attached hydrogen (secondary N) is 1. The molecular weight excluding hydrogens is 209 g/mol. The summed E-state index contributed by atoms with van der Waals surface area (Å²) in [4.78, 5) is 0. The van der Waals surface area contributed by atoms with Gasteiger partial charge in [-0.3, -0.25) is 0 Å². The fourth-order valence-electron chi connectivity index (χ4n) is 1.32. The van der Waals surface area contributed by atoms with Gasteiger partial charge < -0.3 is 14.8 Å². The SMILES string of the molecule is CCOCCCNc1ccc(F)c(OC)c1. The second-order valence-corrected chi connectivity index (χ2v) is 3.33. The Labute approximate surface area is 95.6 Å². The lowest BCUT2D eigenvalue weighted by Gasteiger charge is -2.08. The molecule has 1 rings (SSSR count). The highest BCUT2D eigenvalue weighted by atomic mass is 19.1. The third-order valence-electron chi connectivity index (χ3n) is 2.15. The Kier molecular flexibility index (Phi) is 5.64. The zero-order valence-electron chi connectivity index (χ0n) is 9.75. The zero-order valence-corrected chi connectivity index (χ0v) is 9.75. The number of benzene rings is 1. The number of hydrogen-bond donors (Lipinski definition) is 1. The summed E-state index contributed by atoms with van der Waals surface area (Å²) in [5.41, 5.74) is 0.856. The normalized spacial score (nSPS) is 10.2. The van der Waals surface area contributed by atoms with Gasteiger partial charge in [0.15, 0.2) is 11.6 Å². The van der Waals surface area contributed by atoms with Crippen LogP contribution in [0.5, 0.6) is 5.75 Å². The van der Waals surface area contributed by atoms with E-state index in [0.717, 1.165) is 31.9 Å². The van der Waals surface area contributed by atoms with Crippen LogP contribution in [0.15, 0.2) is 18.2 Å². The largest absolute Gasteiger partial charge is 0.494 e. The average molecular weight is 227 g/mol. The number of hydrogen-bond acceptors (Lipinski definition) is 3. The molecule has 1 aromatic rings. The van der Waals surface area contributed by atoms with E-state index in [9.17, 15) is 4.39 Å². The topological polar surface area (TPSA) is 30.5 Å². The molecule has 0 saturated carbocycles. The lowest BCUT2D eigenvalue weighted by atomic mass is 10.3. The van der Waals surface area contributed by atoms with E-state index in [-0.39, 0.29) is 11.6 Å². The molecule has 4 heteroatoms. The van der Waals surface area contributed by atoms with Crippen LogP contribution in [0.4, 0.5) is 10.1 Å². The number of anilines is 1. The summed E-state index contributed by atoms with van der Waals surface area (Å²) < 4.78 is 23.2. The minimum absolute atomic E-state index is 0.259. The summed E-state index contributed by atoms with van der Waals surface area (Å²) in [5.74, 6) is -0.0859. The van der Waals surface area contributed by atoms with Crippen LogP contribution in [0.1, 0.15) is 13.3 Å². The van der Waals surface area contributed by atoms with E-state index >= 15 is 0 Å². The Morgan fingerprint density at radius 1 is 1.38 bits per heavy atom. The quantitative estimate of drug-likeness (QED) is 0.726. The van der Waals surface area contributed by atoms with Gasteiger partial charge in [-0.2, -0.15) is 0 Å². The first-order valence-corrected chi connectivity index (χ1v) is 5.43. The Bertz CT molecular complexity index is 318. The fraction of sp³-hybridized carbons (Fsp3) is 0.500. The standard InChI is InChI=1S/C12H18FNO2/c1-3-16-8-4-7-14-10-5-6-11(13)12(9-10)15-2/h5-6,9,14H,3-4,7-8H2,1-2H3. The molecule has 1 N–H and O–H groups in total. The van der Waals surface area contributed by atoms with Crippen LogP contribution in [-0.2, 0) is 4.74 Å². The second-order valence-electron chi connectivity index (χ2n) is 3.33. The van der Waals surface area contributed by atoms with Crippen molar-refractivity contribution in [1.82, 2.24) is 0 Å². The summed E-state index contributed by atoms with van der Waals surface area (Å²) in [6, 6.07) is 4.73. The molecule has 0 spiro atoms. The molecule has 0 aliphatic carbocycles. The summed E-state index contributed by atoms with van der Waals surface area (Å²) in [6.07, 6.45) is 0.924. The lowest BCUT2D eigenvalue weighted by Crippen LogP contribution is -2.05. The molecule has 16 heavy (non-hydrogen) atoms. The van der Waals surface area contributed by atoms with Crippen molar-refractivity contribution in [2.75, 3.05) is 32.2 Å². The molecule has 0 heterocycles. The molecule has 3 nitrogen and oxygen atoms in total. The highest BCUT2D eigenvalue weighted by Crippen LogP contribution is 2.21. The molecule has 0 aliphatic rings. The molecule has 0 aliphatic heterocycles. The van der Waals surface area contributed by atoms with Crippen molar-refractivity contribution in [2.24, 2.45) is 0 Å². The van der Waals surface area contributed by atoms with Gasteiger partial charge in [-0.05, 0) is 25.5 Å². The second kappa shape index (κ2) is 7.06. The van der Waals surface area contributed by atoms with E-state index in [2.05, 4.69) is 5.32 Å². The first kappa shape index (κ1) is 12.8. The molecule has 0 saturated heterocycles. The molecule has 0 radical (unpaired) electrons. The van der Waals surface area contributed by atoms with Gasteiger partial charge in [0.2, 0.25) is 0 Å². The Morgan fingerprint density at radius 2 is 2.19 bits per heavy atom. The predicted octanol–water partition coefficient (Wildman–Crippen LogP) is 2.67. The zero-order chi connectivity index (χ0) is 11.8. The van der Waals surface area contributed by atoms with Gasteiger partial charge in [0.1, 0.15) is 0 Å². The first-order valence-electron chi connectivity index (χ1n) is 5.43. The van der Waals surface area contributed by atoms with Gasteiger partial charge >= 0.3 is 0 Å². The molecule has 0 amide bonds. The highest BCUT2D eigenvalue weighted by molar-refractivity contribution is 5.48. The van der Waals surface area contributed by atoms with Crippen LogP contribution in [-0.4, -0.2) is 26.9 Å². The maximum atomic E-state index is 13.1. The number of ether oxygens (including phenoxy) is 2. The summed E-state index contributed by atoms with van der Waals surface area (Å²) in [6.45, 7) is 4.25. The van der Waals surface area contributed by atoms with Crippen molar-refractivity contribution in [3.63, 3.8) is 0 Å². The first-order chi connectivity index (χ1) is 7.77. The van der Waals surface area contributed by atoms with Crippen LogP contribution in [0, 0.1) is 5.82 Å². The summed E-state index contributed by atoms with van der Waals surface area (Å²) >= 11 is 0. The van der Waals surface area contributed by atoms with Gasteiger partial charge in [0, 0.05) is 31.5 Å². The van der Waals surface area contributed by atoms with Crippen molar-refractivity contribution in [2.45, 2.75) is 13.3 Å². The Morgan fingerprint density at radius 3 is 2.88 bits per heavy atom. The van der Waals surface area contributed by atoms with E-state index in [0.29, 0.717) is 0 Å². The molecule has 0 aromatic heterocycles. The third-order valence-corrected chi connectivity index (χ3v) is 2.15. The Balaban J connectivity index is 2.36. The van der Waals surface area contributed by atoms with Gasteiger partial charge in [0.25, 0.3) is 0 Å². The minimum atomic E-state index is -0.345. The minimum Gasteiger partial charge on any atom is -0.494 e. The van der Waals surface area contributed by atoms with E-state index < -0.39 is 0 Å². The highest BCUT2D eigenvalue weighted by Gasteiger charge is 2.02.